The van der Waals surface area contributed by atoms with Gasteiger partial charge in [0.15, 0.2) is 10.9 Å². The SMILES string of the molecule is O=C(O)[C@@H](Sc1nc(-c2ccco2)cc(C(F)(F)F)n1)c1ccccc1. The van der Waals surface area contributed by atoms with Crippen LogP contribution < -0.4 is 0 Å². The van der Waals surface area contributed by atoms with Crippen molar-refractivity contribution in [3.05, 3.63) is 66.1 Å². The number of carboxylic acids is 1. The second-order valence-corrected chi connectivity index (χ2v) is 6.22. The van der Waals surface area contributed by atoms with Gasteiger partial charge < -0.3 is 9.52 Å². The van der Waals surface area contributed by atoms with Crippen LogP contribution in [-0.4, -0.2) is 21.0 Å². The molecule has 1 N–H and O–H groups in total. The molecule has 0 saturated heterocycles. The summed E-state index contributed by atoms with van der Waals surface area (Å²) < 4.78 is 44.6. The summed E-state index contributed by atoms with van der Waals surface area (Å²) in [5.41, 5.74) is -0.818. The summed E-state index contributed by atoms with van der Waals surface area (Å²) >= 11 is 0.628. The molecule has 0 aliphatic rings. The lowest BCUT2D eigenvalue weighted by molar-refractivity contribution is -0.141. The molecule has 0 bridgehead atoms. The number of nitrogens with zero attached hydrogens (tertiary/aromatic N) is 2. The van der Waals surface area contributed by atoms with Crippen molar-refractivity contribution in [1.82, 2.24) is 9.97 Å². The Morgan fingerprint density at radius 2 is 1.85 bits per heavy atom. The van der Waals surface area contributed by atoms with Gasteiger partial charge in [-0.1, -0.05) is 42.1 Å². The van der Waals surface area contributed by atoms with E-state index >= 15 is 0 Å². The Bertz CT molecular complexity index is 899. The molecule has 3 aromatic rings. The number of aromatic nitrogens is 2. The van der Waals surface area contributed by atoms with Crippen LogP contribution in [0.4, 0.5) is 13.2 Å². The predicted molar refractivity (Wildman–Crippen MR) is 87.4 cm³/mol. The predicted octanol–water partition coefficient (Wildman–Crippen LogP) is 4.67. The Hall–Kier alpha value is -2.81. The Labute approximate surface area is 149 Å². The maximum Gasteiger partial charge on any atom is 0.433 e. The second kappa shape index (κ2) is 7.20. The molecule has 9 heteroatoms. The summed E-state index contributed by atoms with van der Waals surface area (Å²) in [5.74, 6) is -1.08. The quantitative estimate of drug-likeness (QED) is 0.512. The minimum atomic E-state index is -4.70. The first-order valence-electron chi connectivity index (χ1n) is 7.29. The molecule has 1 aromatic carbocycles. The van der Waals surface area contributed by atoms with Crippen molar-refractivity contribution in [2.45, 2.75) is 16.6 Å². The van der Waals surface area contributed by atoms with Gasteiger partial charge in [-0.2, -0.15) is 13.2 Å². The Balaban J connectivity index is 2.03. The molecule has 1 atom stereocenters. The van der Waals surface area contributed by atoms with E-state index in [-0.39, 0.29) is 16.6 Å². The number of aliphatic carboxylic acids is 1. The van der Waals surface area contributed by atoms with Gasteiger partial charge in [0.1, 0.15) is 16.6 Å². The standard InChI is InChI=1S/C17H11F3N2O3S/c18-17(19,20)13-9-11(12-7-4-8-25-12)21-16(22-13)26-14(15(23)24)10-5-2-1-3-6-10/h1-9,14H,(H,23,24)/t14-/m0/s1. The van der Waals surface area contributed by atoms with Gasteiger partial charge in [-0.25, -0.2) is 9.97 Å². The first-order chi connectivity index (χ1) is 12.3. The molecule has 0 radical (unpaired) electrons. The average Bonchev–Trinajstić information content (AvgIpc) is 3.14. The van der Waals surface area contributed by atoms with Gasteiger partial charge in [0.2, 0.25) is 0 Å². The van der Waals surface area contributed by atoms with Crippen molar-refractivity contribution in [1.29, 1.82) is 0 Å². The molecule has 5 nitrogen and oxygen atoms in total. The maximum atomic E-state index is 13.2. The van der Waals surface area contributed by atoms with Crippen LogP contribution in [0.25, 0.3) is 11.5 Å². The number of thioether (sulfide) groups is 1. The summed E-state index contributed by atoms with van der Waals surface area (Å²) in [7, 11) is 0. The highest BCUT2D eigenvalue weighted by atomic mass is 32.2. The van der Waals surface area contributed by atoms with Gasteiger partial charge in [-0.15, -0.1) is 0 Å². The molecule has 0 unspecified atom stereocenters. The lowest BCUT2D eigenvalue weighted by atomic mass is 10.1. The van der Waals surface area contributed by atoms with Crippen LogP contribution in [0.2, 0.25) is 0 Å². The van der Waals surface area contributed by atoms with E-state index in [2.05, 4.69) is 9.97 Å². The fraction of sp³-hybridized carbons (Fsp3) is 0.118. The van der Waals surface area contributed by atoms with Gasteiger partial charge in [0.25, 0.3) is 0 Å². The smallest absolute Gasteiger partial charge is 0.433 e. The number of alkyl halides is 3. The molecule has 0 fully saturated rings. The third kappa shape index (κ3) is 4.05. The van der Waals surface area contributed by atoms with Crippen LogP contribution in [0.1, 0.15) is 16.5 Å². The molecular weight excluding hydrogens is 369 g/mol. The van der Waals surface area contributed by atoms with Gasteiger partial charge in [0, 0.05) is 0 Å². The van der Waals surface area contributed by atoms with E-state index in [1.807, 2.05) is 0 Å². The Morgan fingerprint density at radius 1 is 1.12 bits per heavy atom. The number of benzene rings is 1. The molecule has 2 heterocycles. The van der Waals surface area contributed by atoms with Gasteiger partial charge in [-0.3, -0.25) is 4.79 Å². The molecule has 0 aliphatic heterocycles. The number of carbonyl (C=O) groups is 1. The average molecular weight is 380 g/mol. The zero-order valence-corrected chi connectivity index (χ0v) is 13.8. The van der Waals surface area contributed by atoms with E-state index in [0.717, 1.165) is 6.07 Å². The van der Waals surface area contributed by atoms with Crippen LogP contribution >= 0.6 is 11.8 Å². The van der Waals surface area contributed by atoms with Crippen molar-refractivity contribution in [3.63, 3.8) is 0 Å². The van der Waals surface area contributed by atoms with Crippen LogP contribution in [0.15, 0.2) is 64.4 Å². The molecular formula is C17H11F3N2O3S. The zero-order chi connectivity index (χ0) is 18.7. The summed E-state index contributed by atoms with van der Waals surface area (Å²) in [4.78, 5) is 19.1. The largest absolute Gasteiger partial charge is 0.480 e. The normalized spacial score (nSPS) is 12.7. The fourth-order valence-electron chi connectivity index (χ4n) is 2.17. The van der Waals surface area contributed by atoms with Crippen LogP contribution in [0.3, 0.4) is 0 Å². The summed E-state index contributed by atoms with van der Waals surface area (Å²) in [6.45, 7) is 0. The zero-order valence-electron chi connectivity index (χ0n) is 13.0. The van der Waals surface area contributed by atoms with E-state index in [1.54, 1.807) is 30.3 Å². The van der Waals surface area contributed by atoms with Gasteiger partial charge in [0.05, 0.1) is 6.26 Å². The number of furan rings is 1. The first-order valence-corrected chi connectivity index (χ1v) is 8.17. The number of carboxylic acid groups (broad SMARTS) is 1. The lowest BCUT2D eigenvalue weighted by Gasteiger charge is -2.13. The summed E-state index contributed by atoms with van der Waals surface area (Å²) in [6, 6.07) is 11.9. The maximum absolute atomic E-state index is 13.2. The third-order valence-electron chi connectivity index (χ3n) is 3.32. The number of rotatable bonds is 5. The minimum Gasteiger partial charge on any atom is -0.480 e. The summed E-state index contributed by atoms with van der Waals surface area (Å²) in [6.07, 6.45) is -3.40. The lowest BCUT2D eigenvalue weighted by Crippen LogP contribution is -2.12. The van der Waals surface area contributed by atoms with E-state index in [1.165, 1.54) is 18.4 Å². The van der Waals surface area contributed by atoms with Crippen molar-refractivity contribution >= 4 is 17.7 Å². The van der Waals surface area contributed by atoms with Crippen molar-refractivity contribution in [2.75, 3.05) is 0 Å². The molecule has 0 amide bonds. The molecule has 3 rings (SSSR count). The van der Waals surface area contributed by atoms with Crippen molar-refractivity contribution in [3.8, 4) is 11.5 Å². The van der Waals surface area contributed by atoms with Crippen LogP contribution in [0, 0.1) is 0 Å². The number of halogens is 3. The van der Waals surface area contributed by atoms with E-state index in [9.17, 15) is 23.1 Å². The second-order valence-electron chi connectivity index (χ2n) is 5.14. The Morgan fingerprint density at radius 3 is 2.42 bits per heavy atom. The topological polar surface area (TPSA) is 76.2 Å². The molecule has 0 spiro atoms. The highest BCUT2D eigenvalue weighted by Crippen LogP contribution is 2.37. The molecule has 26 heavy (non-hydrogen) atoms. The van der Waals surface area contributed by atoms with Crippen LogP contribution in [0.5, 0.6) is 0 Å². The van der Waals surface area contributed by atoms with Crippen molar-refractivity contribution in [2.24, 2.45) is 0 Å². The monoisotopic (exact) mass is 380 g/mol. The minimum absolute atomic E-state index is 0.0722. The third-order valence-corrected chi connectivity index (χ3v) is 4.42. The van der Waals surface area contributed by atoms with E-state index < -0.39 is 23.1 Å². The molecule has 0 saturated carbocycles. The van der Waals surface area contributed by atoms with E-state index in [0.29, 0.717) is 17.3 Å². The fourth-order valence-corrected chi connectivity index (χ4v) is 3.07. The molecule has 134 valence electrons. The first kappa shape index (κ1) is 18.0. The van der Waals surface area contributed by atoms with Gasteiger partial charge in [-0.05, 0) is 23.8 Å². The van der Waals surface area contributed by atoms with E-state index in [4.69, 9.17) is 4.42 Å². The van der Waals surface area contributed by atoms with Crippen molar-refractivity contribution < 1.29 is 27.5 Å². The summed E-state index contributed by atoms with van der Waals surface area (Å²) in [5, 5.41) is 8.00. The number of hydrogen-bond donors (Lipinski definition) is 1. The van der Waals surface area contributed by atoms with Crippen LogP contribution in [-0.2, 0) is 11.0 Å². The highest BCUT2D eigenvalue weighted by Gasteiger charge is 2.35. The highest BCUT2D eigenvalue weighted by molar-refractivity contribution is 8.00. The molecule has 0 aliphatic carbocycles. The Kier molecular flexibility index (Phi) is 4.99. The number of hydrogen-bond acceptors (Lipinski definition) is 5. The van der Waals surface area contributed by atoms with Gasteiger partial charge >= 0.3 is 12.1 Å². The molecule has 2 aromatic heterocycles.